The molecule has 0 aromatic heterocycles. The maximum atomic E-state index is 12.0. The molecule has 6 nitrogen and oxygen atoms in total. The number of alkyl halides is 3. The summed E-state index contributed by atoms with van der Waals surface area (Å²) >= 11 is 0. The van der Waals surface area contributed by atoms with Crippen molar-refractivity contribution in [3.63, 3.8) is 0 Å². The Balaban J connectivity index is 2.63. The topological polar surface area (TPSA) is 67.9 Å². The van der Waals surface area contributed by atoms with Gasteiger partial charge in [0.05, 0.1) is 13.2 Å². The molecule has 1 aliphatic rings. The molecule has 1 unspecified atom stereocenters. The van der Waals surface area contributed by atoms with Crippen molar-refractivity contribution in [2.75, 3.05) is 26.4 Å². The van der Waals surface area contributed by atoms with Crippen LogP contribution in [-0.4, -0.2) is 61.5 Å². The summed E-state index contributed by atoms with van der Waals surface area (Å²) in [4.78, 5) is 24.4. The Morgan fingerprint density at radius 3 is 2.65 bits per heavy atom. The quantitative estimate of drug-likeness (QED) is 0.841. The Morgan fingerprint density at radius 2 is 2.10 bits per heavy atom. The van der Waals surface area contributed by atoms with Gasteiger partial charge in [0.1, 0.15) is 6.04 Å². The normalized spacial score (nSPS) is 19.9. The lowest BCUT2D eigenvalue weighted by molar-refractivity contribution is -0.164. The third-order valence-electron chi connectivity index (χ3n) is 2.46. The second-order valence-electron chi connectivity index (χ2n) is 4.62. The van der Waals surface area contributed by atoms with Gasteiger partial charge >= 0.3 is 12.3 Å². The average molecular weight is 298 g/mol. The summed E-state index contributed by atoms with van der Waals surface area (Å²) in [6, 6.07) is -1.13. The van der Waals surface area contributed by atoms with Gasteiger partial charge in [0.2, 0.25) is 5.91 Å². The first-order valence-corrected chi connectivity index (χ1v) is 6.09. The van der Waals surface area contributed by atoms with Crippen LogP contribution in [0.2, 0.25) is 0 Å². The molecule has 1 rings (SSSR count). The molecular weight excluding hydrogens is 281 g/mol. The van der Waals surface area contributed by atoms with Crippen LogP contribution in [0.15, 0.2) is 0 Å². The van der Waals surface area contributed by atoms with Crippen molar-refractivity contribution in [2.45, 2.75) is 32.1 Å². The third-order valence-corrected chi connectivity index (χ3v) is 2.46. The van der Waals surface area contributed by atoms with Crippen LogP contribution in [0.4, 0.5) is 18.0 Å². The fraction of sp³-hybridized carbons (Fsp3) is 0.818. The Hall–Kier alpha value is -1.51. The van der Waals surface area contributed by atoms with Crippen LogP contribution in [0.3, 0.4) is 0 Å². The molecule has 1 heterocycles. The van der Waals surface area contributed by atoms with E-state index in [0.717, 1.165) is 4.90 Å². The van der Waals surface area contributed by atoms with Crippen molar-refractivity contribution < 1.29 is 32.2 Å². The number of nitrogens with zero attached hydrogens (tertiary/aromatic N) is 1. The van der Waals surface area contributed by atoms with Gasteiger partial charge in [-0.25, -0.2) is 4.79 Å². The summed E-state index contributed by atoms with van der Waals surface area (Å²) in [5, 5.41) is 2.58. The summed E-state index contributed by atoms with van der Waals surface area (Å²) in [5.41, 5.74) is 0. The van der Waals surface area contributed by atoms with Crippen LogP contribution in [0.25, 0.3) is 0 Å². The molecule has 1 atom stereocenters. The summed E-state index contributed by atoms with van der Waals surface area (Å²) in [7, 11) is 0. The van der Waals surface area contributed by atoms with E-state index in [1.54, 1.807) is 13.8 Å². The number of amides is 2. The number of ether oxygens (including phenoxy) is 2. The van der Waals surface area contributed by atoms with Gasteiger partial charge in [-0.1, -0.05) is 0 Å². The van der Waals surface area contributed by atoms with Crippen molar-refractivity contribution in [3.8, 4) is 0 Å². The van der Waals surface area contributed by atoms with Crippen LogP contribution < -0.4 is 5.32 Å². The number of rotatable bonds is 3. The molecule has 0 aromatic rings. The molecular formula is C11H17F3N2O4. The highest BCUT2D eigenvalue weighted by molar-refractivity contribution is 5.86. The molecule has 20 heavy (non-hydrogen) atoms. The van der Waals surface area contributed by atoms with Gasteiger partial charge in [0.25, 0.3) is 0 Å². The Kier molecular flexibility index (Phi) is 5.61. The molecule has 1 N–H and O–H groups in total. The predicted octanol–water partition coefficient (Wildman–Crippen LogP) is 0.911. The van der Waals surface area contributed by atoms with E-state index in [0.29, 0.717) is 0 Å². The summed E-state index contributed by atoms with van der Waals surface area (Å²) in [6.45, 7) is 1.86. The van der Waals surface area contributed by atoms with Gasteiger partial charge in [-0.05, 0) is 13.8 Å². The van der Waals surface area contributed by atoms with Crippen molar-refractivity contribution >= 4 is 12.0 Å². The van der Waals surface area contributed by atoms with E-state index in [1.165, 1.54) is 0 Å². The summed E-state index contributed by atoms with van der Waals surface area (Å²) < 4.78 is 45.3. The largest absolute Gasteiger partial charge is 0.440 e. The molecule has 9 heteroatoms. The minimum Gasteiger partial charge on any atom is -0.440 e. The van der Waals surface area contributed by atoms with Gasteiger partial charge in [-0.15, -0.1) is 0 Å². The molecule has 1 fully saturated rings. The maximum absolute atomic E-state index is 12.0. The van der Waals surface area contributed by atoms with Crippen LogP contribution in [0.1, 0.15) is 13.8 Å². The number of hydrogen-bond donors (Lipinski definition) is 1. The highest BCUT2D eigenvalue weighted by Gasteiger charge is 2.36. The SMILES string of the molecule is CC(C)NC(=O)C1COCCN1C(=O)OCC(F)(F)F. The predicted molar refractivity (Wildman–Crippen MR) is 62.0 cm³/mol. The molecule has 0 radical (unpaired) electrons. The molecule has 1 aliphatic heterocycles. The van der Waals surface area contributed by atoms with Crippen molar-refractivity contribution in [2.24, 2.45) is 0 Å². The maximum Gasteiger partial charge on any atom is 0.422 e. The zero-order valence-corrected chi connectivity index (χ0v) is 11.2. The first-order valence-electron chi connectivity index (χ1n) is 6.09. The van der Waals surface area contributed by atoms with E-state index in [4.69, 9.17) is 4.74 Å². The highest BCUT2D eigenvalue weighted by atomic mass is 19.4. The molecule has 0 aliphatic carbocycles. The standard InChI is InChI=1S/C11H17F3N2O4/c1-7(2)15-9(17)8-5-19-4-3-16(8)10(18)20-6-11(12,13)14/h7-8H,3-6H2,1-2H3,(H,15,17). The van der Waals surface area contributed by atoms with Crippen LogP contribution >= 0.6 is 0 Å². The first kappa shape index (κ1) is 16.5. The monoisotopic (exact) mass is 298 g/mol. The highest BCUT2D eigenvalue weighted by Crippen LogP contribution is 2.16. The lowest BCUT2D eigenvalue weighted by atomic mass is 10.2. The molecule has 116 valence electrons. The molecule has 0 bridgehead atoms. The minimum absolute atomic E-state index is 0.00682. The van der Waals surface area contributed by atoms with E-state index in [1.807, 2.05) is 0 Å². The zero-order chi connectivity index (χ0) is 15.3. The molecule has 2 amide bonds. The van der Waals surface area contributed by atoms with E-state index in [-0.39, 0.29) is 25.8 Å². The third kappa shape index (κ3) is 5.24. The lowest BCUT2D eigenvalue weighted by Gasteiger charge is -2.34. The molecule has 0 saturated carbocycles. The Bertz CT molecular complexity index is 360. The van der Waals surface area contributed by atoms with E-state index in [9.17, 15) is 22.8 Å². The van der Waals surface area contributed by atoms with Crippen molar-refractivity contribution in [1.82, 2.24) is 10.2 Å². The number of nitrogens with one attached hydrogen (secondary N) is 1. The Labute approximate surface area is 114 Å². The molecule has 1 saturated heterocycles. The van der Waals surface area contributed by atoms with Gasteiger partial charge in [-0.2, -0.15) is 13.2 Å². The van der Waals surface area contributed by atoms with E-state index < -0.39 is 30.8 Å². The fourth-order valence-corrected chi connectivity index (χ4v) is 1.65. The number of carbonyl (C=O) groups excluding carboxylic acids is 2. The number of carbonyl (C=O) groups is 2. The van der Waals surface area contributed by atoms with Gasteiger partial charge < -0.3 is 14.8 Å². The van der Waals surface area contributed by atoms with Gasteiger partial charge in [0.15, 0.2) is 6.61 Å². The number of halogens is 3. The lowest BCUT2D eigenvalue weighted by Crippen LogP contribution is -2.57. The summed E-state index contributed by atoms with van der Waals surface area (Å²) in [5.74, 6) is -0.483. The average Bonchev–Trinajstić information content (AvgIpc) is 2.34. The minimum atomic E-state index is -4.60. The molecule has 0 spiro atoms. The van der Waals surface area contributed by atoms with E-state index >= 15 is 0 Å². The number of morpholine rings is 1. The van der Waals surface area contributed by atoms with Gasteiger partial charge in [0, 0.05) is 12.6 Å². The second-order valence-corrected chi connectivity index (χ2v) is 4.62. The smallest absolute Gasteiger partial charge is 0.422 e. The first-order chi connectivity index (χ1) is 9.20. The van der Waals surface area contributed by atoms with Crippen molar-refractivity contribution in [1.29, 1.82) is 0 Å². The summed E-state index contributed by atoms with van der Waals surface area (Å²) in [6.07, 6.45) is -5.77. The van der Waals surface area contributed by atoms with Crippen LogP contribution in [0.5, 0.6) is 0 Å². The van der Waals surface area contributed by atoms with Crippen molar-refractivity contribution in [3.05, 3.63) is 0 Å². The van der Waals surface area contributed by atoms with Crippen LogP contribution in [-0.2, 0) is 14.3 Å². The fourth-order valence-electron chi connectivity index (χ4n) is 1.65. The van der Waals surface area contributed by atoms with E-state index in [2.05, 4.69) is 10.1 Å². The molecule has 0 aromatic carbocycles. The number of hydrogen-bond acceptors (Lipinski definition) is 4. The zero-order valence-electron chi connectivity index (χ0n) is 11.2. The van der Waals surface area contributed by atoms with Gasteiger partial charge in [-0.3, -0.25) is 9.69 Å². The Morgan fingerprint density at radius 1 is 1.45 bits per heavy atom. The second kappa shape index (κ2) is 6.78. The van der Waals surface area contributed by atoms with Crippen LogP contribution in [0, 0.1) is 0 Å².